The summed E-state index contributed by atoms with van der Waals surface area (Å²) in [5.74, 6) is -0.880. The highest BCUT2D eigenvalue weighted by Gasteiger charge is 2.30. The first kappa shape index (κ1) is 20.2. The number of aryl methyl sites for hydroxylation is 1. The molecule has 3 aromatic rings. The average Bonchev–Trinajstić information content (AvgIpc) is 2.64. The molecule has 1 heterocycles. The number of nitrogens with zero attached hydrogens (tertiary/aromatic N) is 1. The zero-order chi connectivity index (χ0) is 21.0. The smallest absolute Gasteiger partial charge is 0.406 e. The second-order valence-electron chi connectivity index (χ2n) is 6.40. The van der Waals surface area contributed by atoms with Crippen LogP contribution >= 0.6 is 0 Å². The Kier molecular flexibility index (Phi) is 5.72. The van der Waals surface area contributed by atoms with Crippen LogP contribution in [0.3, 0.4) is 0 Å². The molecule has 1 N–H and O–H groups in total. The van der Waals surface area contributed by atoms with Gasteiger partial charge in [-0.2, -0.15) is 0 Å². The fourth-order valence-electron chi connectivity index (χ4n) is 2.74. The van der Waals surface area contributed by atoms with Gasteiger partial charge in [0.05, 0.1) is 12.1 Å². The van der Waals surface area contributed by atoms with E-state index in [0.29, 0.717) is 12.2 Å². The summed E-state index contributed by atoms with van der Waals surface area (Å²) in [5.41, 5.74) is 2.26. The summed E-state index contributed by atoms with van der Waals surface area (Å²) < 4.78 is 41.8. The van der Waals surface area contributed by atoms with Crippen molar-refractivity contribution in [3.63, 3.8) is 0 Å². The van der Waals surface area contributed by atoms with Gasteiger partial charge in [0.2, 0.25) is 0 Å². The average molecular weight is 402 g/mol. The van der Waals surface area contributed by atoms with Gasteiger partial charge in [0.25, 0.3) is 11.5 Å². The van der Waals surface area contributed by atoms with Gasteiger partial charge in [-0.15, -0.1) is 13.2 Å². The Morgan fingerprint density at radius 1 is 1.07 bits per heavy atom. The predicted octanol–water partition coefficient (Wildman–Crippen LogP) is 4.36. The zero-order valence-corrected chi connectivity index (χ0v) is 15.4. The third-order valence-electron chi connectivity index (χ3n) is 4.03. The Balaban J connectivity index is 1.73. The fraction of sp³-hybridized carbons (Fsp3) is 0.143. The largest absolute Gasteiger partial charge is 0.573 e. The van der Waals surface area contributed by atoms with Crippen LogP contribution in [0.4, 0.5) is 18.9 Å². The van der Waals surface area contributed by atoms with Crippen molar-refractivity contribution in [3.8, 4) is 5.75 Å². The van der Waals surface area contributed by atoms with Gasteiger partial charge < -0.3 is 14.6 Å². The molecule has 0 unspecified atom stereocenters. The Morgan fingerprint density at radius 2 is 1.79 bits per heavy atom. The van der Waals surface area contributed by atoms with Crippen LogP contribution < -0.4 is 15.6 Å². The maximum Gasteiger partial charge on any atom is 0.573 e. The first-order valence-corrected chi connectivity index (χ1v) is 8.63. The topological polar surface area (TPSA) is 60.3 Å². The number of rotatable bonds is 5. The monoisotopic (exact) mass is 402 g/mol. The molecule has 0 bridgehead atoms. The molecule has 1 amide bonds. The van der Waals surface area contributed by atoms with Gasteiger partial charge in [-0.05, 0) is 42.8 Å². The van der Waals surface area contributed by atoms with E-state index in [1.165, 1.54) is 35.0 Å². The van der Waals surface area contributed by atoms with Crippen LogP contribution in [-0.4, -0.2) is 16.8 Å². The number of amides is 1. The van der Waals surface area contributed by atoms with Crippen LogP contribution in [0.2, 0.25) is 0 Å². The van der Waals surface area contributed by atoms with E-state index in [9.17, 15) is 22.8 Å². The molecular weight excluding hydrogens is 385 g/mol. The third kappa shape index (κ3) is 5.71. The number of pyridine rings is 1. The van der Waals surface area contributed by atoms with Crippen LogP contribution in [0.25, 0.3) is 0 Å². The van der Waals surface area contributed by atoms with Crippen LogP contribution in [0, 0.1) is 6.92 Å². The van der Waals surface area contributed by atoms with Gasteiger partial charge in [-0.3, -0.25) is 9.59 Å². The molecule has 0 saturated carbocycles. The van der Waals surface area contributed by atoms with E-state index in [-0.39, 0.29) is 16.9 Å². The molecular formula is C21H17F3N2O3. The van der Waals surface area contributed by atoms with E-state index in [1.54, 1.807) is 0 Å². The lowest BCUT2D eigenvalue weighted by Gasteiger charge is -2.11. The Hall–Kier alpha value is -3.55. The molecule has 0 aliphatic rings. The summed E-state index contributed by atoms with van der Waals surface area (Å²) in [6, 6.07) is 15.1. The normalized spacial score (nSPS) is 11.2. The number of aromatic nitrogens is 1. The standard InChI is InChI=1S/C21H17F3N2O3/c1-14-3-2-4-15(11-14)12-26-13-16(5-10-19(26)27)20(28)25-17-6-8-18(9-7-17)29-21(22,23)24/h2-11,13H,12H2,1H3,(H,25,28). The Bertz CT molecular complexity index is 1070. The highest BCUT2D eigenvalue weighted by molar-refractivity contribution is 6.04. The van der Waals surface area contributed by atoms with E-state index in [2.05, 4.69) is 10.1 Å². The lowest BCUT2D eigenvalue weighted by Crippen LogP contribution is -2.22. The van der Waals surface area contributed by atoms with Gasteiger partial charge in [0.1, 0.15) is 5.75 Å². The van der Waals surface area contributed by atoms with Crippen molar-refractivity contribution < 1.29 is 22.7 Å². The van der Waals surface area contributed by atoms with E-state index in [0.717, 1.165) is 23.3 Å². The van der Waals surface area contributed by atoms with Crippen molar-refractivity contribution in [2.75, 3.05) is 5.32 Å². The fourth-order valence-corrected chi connectivity index (χ4v) is 2.74. The number of carbonyl (C=O) groups excluding carboxylic acids is 1. The minimum atomic E-state index is -4.78. The van der Waals surface area contributed by atoms with Crippen molar-refractivity contribution in [2.24, 2.45) is 0 Å². The van der Waals surface area contributed by atoms with Crippen LogP contribution in [-0.2, 0) is 6.54 Å². The van der Waals surface area contributed by atoms with E-state index in [1.807, 2.05) is 31.2 Å². The Morgan fingerprint density at radius 3 is 2.45 bits per heavy atom. The summed E-state index contributed by atoms with van der Waals surface area (Å²) in [6.07, 6.45) is -3.34. The molecule has 0 aliphatic carbocycles. The first-order valence-electron chi connectivity index (χ1n) is 8.63. The molecule has 5 nitrogen and oxygen atoms in total. The van der Waals surface area contributed by atoms with Crippen LogP contribution in [0.5, 0.6) is 5.75 Å². The van der Waals surface area contributed by atoms with E-state index >= 15 is 0 Å². The maximum absolute atomic E-state index is 12.5. The summed E-state index contributed by atoms with van der Waals surface area (Å²) in [7, 11) is 0. The molecule has 8 heteroatoms. The molecule has 2 aromatic carbocycles. The number of hydrogen-bond donors (Lipinski definition) is 1. The summed E-state index contributed by atoms with van der Waals surface area (Å²) in [5, 5.41) is 2.58. The second-order valence-corrected chi connectivity index (χ2v) is 6.40. The molecule has 0 radical (unpaired) electrons. The molecule has 0 spiro atoms. The molecule has 150 valence electrons. The zero-order valence-electron chi connectivity index (χ0n) is 15.4. The molecule has 1 aromatic heterocycles. The van der Waals surface area contributed by atoms with Gasteiger partial charge in [-0.1, -0.05) is 29.8 Å². The van der Waals surface area contributed by atoms with Crippen molar-refractivity contribution in [2.45, 2.75) is 19.8 Å². The number of ether oxygens (including phenoxy) is 1. The van der Waals surface area contributed by atoms with Gasteiger partial charge >= 0.3 is 6.36 Å². The number of benzene rings is 2. The summed E-state index contributed by atoms with van der Waals surface area (Å²) >= 11 is 0. The van der Waals surface area contributed by atoms with E-state index < -0.39 is 12.3 Å². The van der Waals surface area contributed by atoms with Gasteiger partial charge in [-0.25, -0.2) is 0 Å². The van der Waals surface area contributed by atoms with Crippen LogP contribution in [0.15, 0.2) is 71.7 Å². The SMILES string of the molecule is Cc1cccc(Cn2cc(C(=O)Nc3ccc(OC(F)(F)F)cc3)ccc2=O)c1. The van der Waals surface area contributed by atoms with Gasteiger partial charge in [0.15, 0.2) is 0 Å². The van der Waals surface area contributed by atoms with Crippen LogP contribution in [0.1, 0.15) is 21.5 Å². The highest BCUT2D eigenvalue weighted by Crippen LogP contribution is 2.24. The van der Waals surface area contributed by atoms with E-state index in [4.69, 9.17) is 0 Å². The minimum Gasteiger partial charge on any atom is -0.406 e. The van der Waals surface area contributed by atoms with Gasteiger partial charge in [0, 0.05) is 18.0 Å². The number of halogens is 3. The maximum atomic E-state index is 12.5. The molecule has 0 atom stereocenters. The lowest BCUT2D eigenvalue weighted by molar-refractivity contribution is -0.274. The Labute approximate surface area is 164 Å². The van der Waals surface area contributed by atoms with Crippen molar-refractivity contribution in [1.29, 1.82) is 0 Å². The molecule has 0 saturated heterocycles. The first-order chi connectivity index (χ1) is 13.7. The number of nitrogens with one attached hydrogen (secondary N) is 1. The summed E-state index contributed by atoms with van der Waals surface area (Å²) in [4.78, 5) is 24.6. The summed E-state index contributed by atoms with van der Waals surface area (Å²) in [6.45, 7) is 2.26. The van der Waals surface area contributed by atoms with Crippen molar-refractivity contribution in [3.05, 3.63) is 93.9 Å². The number of alkyl halides is 3. The molecule has 3 rings (SSSR count). The van der Waals surface area contributed by atoms with Crippen molar-refractivity contribution >= 4 is 11.6 Å². The molecule has 0 fully saturated rings. The number of hydrogen-bond acceptors (Lipinski definition) is 3. The highest BCUT2D eigenvalue weighted by atomic mass is 19.4. The second kappa shape index (κ2) is 8.22. The lowest BCUT2D eigenvalue weighted by atomic mass is 10.1. The minimum absolute atomic E-state index is 0.243. The number of carbonyl (C=O) groups is 1. The quantitative estimate of drug-likeness (QED) is 0.690. The predicted molar refractivity (Wildman–Crippen MR) is 102 cm³/mol. The molecule has 29 heavy (non-hydrogen) atoms. The molecule has 0 aliphatic heterocycles. The number of anilines is 1. The third-order valence-corrected chi connectivity index (χ3v) is 4.03. The van der Waals surface area contributed by atoms with Crippen molar-refractivity contribution in [1.82, 2.24) is 4.57 Å².